The van der Waals surface area contributed by atoms with Crippen LogP contribution in [-0.4, -0.2) is 43.0 Å². The van der Waals surface area contributed by atoms with Gasteiger partial charge in [0.1, 0.15) is 0 Å². The summed E-state index contributed by atoms with van der Waals surface area (Å²) in [6.07, 6.45) is 6.00. The number of aliphatic hydroxyl groups is 1. The molecule has 2 aliphatic rings. The van der Waals surface area contributed by atoms with Crippen LogP contribution in [0.4, 0.5) is 0 Å². The zero-order valence-corrected chi connectivity index (χ0v) is 10.3. The highest BCUT2D eigenvalue weighted by Gasteiger charge is 2.24. The Morgan fingerprint density at radius 1 is 1.29 bits per heavy atom. The molecule has 0 aromatic heterocycles. The van der Waals surface area contributed by atoms with Gasteiger partial charge in [0, 0.05) is 13.1 Å². The summed E-state index contributed by atoms with van der Waals surface area (Å²) in [6.45, 7) is 1.65. The molecular formula is C12H23N3O2. The number of nitrogens with one attached hydrogen (secondary N) is 1. The maximum Gasteiger partial charge on any atom is 0.188 e. The molecule has 98 valence electrons. The van der Waals surface area contributed by atoms with Crippen LogP contribution < -0.4 is 11.1 Å². The van der Waals surface area contributed by atoms with Gasteiger partial charge in [-0.25, -0.2) is 0 Å². The van der Waals surface area contributed by atoms with Crippen LogP contribution >= 0.6 is 0 Å². The van der Waals surface area contributed by atoms with Crippen LogP contribution in [-0.2, 0) is 4.74 Å². The summed E-state index contributed by atoms with van der Waals surface area (Å²) < 4.78 is 5.60. The van der Waals surface area contributed by atoms with Gasteiger partial charge in [0.2, 0.25) is 0 Å². The van der Waals surface area contributed by atoms with Gasteiger partial charge in [-0.05, 0) is 31.6 Å². The molecule has 0 aromatic carbocycles. The van der Waals surface area contributed by atoms with E-state index in [1.165, 1.54) is 19.3 Å². The van der Waals surface area contributed by atoms with Gasteiger partial charge in [-0.3, -0.25) is 4.99 Å². The zero-order valence-electron chi connectivity index (χ0n) is 10.3. The molecule has 1 heterocycles. The maximum atomic E-state index is 8.95. The maximum absolute atomic E-state index is 8.95. The van der Waals surface area contributed by atoms with Gasteiger partial charge in [-0.1, -0.05) is 6.42 Å². The molecule has 0 aromatic rings. The predicted octanol–water partition coefficient (Wildman–Crippen LogP) is 0.231. The van der Waals surface area contributed by atoms with Crippen molar-refractivity contribution in [1.29, 1.82) is 0 Å². The Hall–Kier alpha value is -0.810. The van der Waals surface area contributed by atoms with Crippen molar-refractivity contribution in [2.45, 2.75) is 44.3 Å². The highest BCUT2D eigenvalue weighted by atomic mass is 16.5. The molecule has 0 amide bonds. The third-order valence-corrected chi connectivity index (χ3v) is 3.65. The Kier molecular flexibility index (Phi) is 4.62. The number of rotatable bonds is 5. The molecule has 0 radical (unpaired) electrons. The van der Waals surface area contributed by atoms with Crippen molar-refractivity contribution >= 4 is 5.96 Å². The van der Waals surface area contributed by atoms with Gasteiger partial charge in [-0.15, -0.1) is 0 Å². The average Bonchev–Trinajstić information content (AvgIpc) is 2.72. The van der Waals surface area contributed by atoms with Crippen molar-refractivity contribution in [1.82, 2.24) is 5.32 Å². The van der Waals surface area contributed by atoms with Gasteiger partial charge >= 0.3 is 0 Å². The van der Waals surface area contributed by atoms with E-state index in [9.17, 15) is 0 Å². The predicted molar refractivity (Wildman–Crippen MR) is 66.8 cm³/mol. The third-order valence-electron chi connectivity index (χ3n) is 3.65. The second kappa shape index (κ2) is 6.21. The smallest absolute Gasteiger partial charge is 0.188 e. The topological polar surface area (TPSA) is 79.9 Å². The van der Waals surface area contributed by atoms with Gasteiger partial charge in [0.25, 0.3) is 0 Å². The molecule has 17 heavy (non-hydrogen) atoms. The van der Waals surface area contributed by atoms with Crippen molar-refractivity contribution in [3.8, 4) is 0 Å². The lowest BCUT2D eigenvalue weighted by Crippen LogP contribution is -2.38. The summed E-state index contributed by atoms with van der Waals surface area (Å²) in [7, 11) is 0. The third kappa shape index (κ3) is 3.85. The van der Waals surface area contributed by atoms with Crippen LogP contribution in [0.1, 0.15) is 32.1 Å². The lowest BCUT2D eigenvalue weighted by Gasteiger charge is -2.23. The van der Waals surface area contributed by atoms with Gasteiger partial charge < -0.3 is 20.9 Å². The van der Waals surface area contributed by atoms with E-state index in [0.717, 1.165) is 25.3 Å². The Labute approximate surface area is 102 Å². The number of hydrogen-bond acceptors (Lipinski definition) is 3. The minimum atomic E-state index is 0.00920. The summed E-state index contributed by atoms with van der Waals surface area (Å²) in [6, 6.07) is 0. The number of hydrogen-bond donors (Lipinski definition) is 3. The fourth-order valence-electron chi connectivity index (χ4n) is 2.24. The number of aliphatic hydroxyl groups excluding tert-OH is 1. The summed E-state index contributed by atoms with van der Waals surface area (Å²) in [5, 5.41) is 12.0. The second-order valence-corrected chi connectivity index (χ2v) is 5.04. The Morgan fingerprint density at radius 2 is 2.06 bits per heavy atom. The lowest BCUT2D eigenvalue weighted by atomic mass is 9.86. The van der Waals surface area contributed by atoms with E-state index in [0.29, 0.717) is 12.5 Å². The van der Waals surface area contributed by atoms with E-state index >= 15 is 0 Å². The Bertz CT molecular complexity index is 266. The summed E-state index contributed by atoms with van der Waals surface area (Å²) in [4.78, 5) is 4.32. The fourth-order valence-corrected chi connectivity index (χ4v) is 2.24. The molecule has 1 aliphatic carbocycles. The molecule has 0 unspecified atom stereocenters. The first-order valence-electron chi connectivity index (χ1n) is 6.58. The first-order chi connectivity index (χ1) is 8.28. The van der Waals surface area contributed by atoms with Crippen molar-refractivity contribution < 1.29 is 9.84 Å². The van der Waals surface area contributed by atoms with Crippen LogP contribution in [0.5, 0.6) is 0 Å². The van der Waals surface area contributed by atoms with Crippen LogP contribution in [0.2, 0.25) is 0 Å². The molecule has 2 atom stereocenters. The SMILES string of the molecule is NC(=NCC1CCC1)NC[C@H]1CC[C@@H](CO)O1. The van der Waals surface area contributed by atoms with Gasteiger partial charge in [0.05, 0.1) is 18.8 Å². The monoisotopic (exact) mass is 241 g/mol. The first-order valence-corrected chi connectivity index (χ1v) is 6.58. The van der Waals surface area contributed by atoms with Crippen LogP contribution in [0.3, 0.4) is 0 Å². The average molecular weight is 241 g/mol. The van der Waals surface area contributed by atoms with Crippen LogP contribution in [0, 0.1) is 5.92 Å². The normalized spacial score (nSPS) is 30.3. The molecule has 2 rings (SSSR count). The minimum absolute atomic E-state index is 0.00920. The van der Waals surface area contributed by atoms with Crippen LogP contribution in [0.25, 0.3) is 0 Å². The number of nitrogens with zero attached hydrogens (tertiary/aromatic N) is 1. The van der Waals surface area contributed by atoms with Gasteiger partial charge in [-0.2, -0.15) is 0 Å². The van der Waals surface area contributed by atoms with E-state index in [1.807, 2.05) is 0 Å². The van der Waals surface area contributed by atoms with Crippen molar-refractivity contribution in [2.75, 3.05) is 19.7 Å². The molecule has 1 saturated heterocycles. The first kappa shape index (κ1) is 12.6. The lowest BCUT2D eigenvalue weighted by molar-refractivity contribution is 0.0141. The summed E-state index contributed by atoms with van der Waals surface area (Å²) in [5.74, 6) is 1.27. The van der Waals surface area contributed by atoms with E-state index in [4.69, 9.17) is 15.6 Å². The van der Waals surface area contributed by atoms with Crippen molar-refractivity contribution in [2.24, 2.45) is 16.6 Å². The van der Waals surface area contributed by atoms with E-state index in [1.54, 1.807) is 0 Å². The molecular weight excluding hydrogens is 218 g/mol. The molecule has 4 N–H and O–H groups in total. The number of guanidine groups is 1. The summed E-state index contributed by atoms with van der Waals surface area (Å²) >= 11 is 0. The standard InChI is InChI=1S/C12H23N3O2/c13-12(14-6-9-2-1-3-9)15-7-10-4-5-11(8-16)17-10/h9-11,16H,1-8H2,(H3,13,14,15)/t10-,11+/m1/s1. The highest BCUT2D eigenvalue weighted by Crippen LogP contribution is 2.26. The molecule has 0 bridgehead atoms. The van der Waals surface area contributed by atoms with E-state index in [-0.39, 0.29) is 18.8 Å². The zero-order chi connectivity index (χ0) is 12.1. The van der Waals surface area contributed by atoms with E-state index in [2.05, 4.69) is 10.3 Å². The van der Waals surface area contributed by atoms with Crippen molar-refractivity contribution in [3.05, 3.63) is 0 Å². The molecule has 5 heteroatoms. The molecule has 0 spiro atoms. The fraction of sp³-hybridized carbons (Fsp3) is 0.917. The van der Waals surface area contributed by atoms with Crippen molar-refractivity contribution in [3.63, 3.8) is 0 Å². The number of ether oxygens (including phenoxy) is 1. The summed E-state index contributed by atoms with van der Waals surface area (Å²) in [5.41, 5.74) is 5.78. The van der Waals surface area contributed by atoms with Gasteiger partial charge in [0.15, 0.2) is 5.96 Å². The molecule has 2 fully saturated rings. The number of aliphatic imine (C=N–C) groups is 1. The van der Waals surface area contributed by atoms with Crippen LogP contribution in [0.15, 0.2) is 4.99 Å². The molecule has 5 nitrogen and oxygen atoms in total. The largest absolute Gasteiger partial charge is 0.394 e. The minimum Gasteiger partial charge on any atom is -0.394 e. The Balaban J connectivity index is 1.60. The second-order valence-electron chi connectivity index (χ2n) is 5.04. The number of nitrogens with two attached hydrogens (primary N) is 1. The van der Waals surface area contributed by atoms with E-state index < -0.39 is 0 Å². The quantitative estimate of drug-likeness (QED) is 0.475. The Morgan fingerprint density at radius 3 is 2.65 bits per heavy atom. The molecule has 1 saturated carbocycles. The highest BCUT2D eigenvalue weighted by molar-refractivity contribution is 5.77. The molecule has 1 aliphatic heterocycles.